The number of esters is 1. The highest BCUT2D eigenvalue weighted by molar-refractivity contribution is 5.69. The van der Waals surface area contributed by atoms with Gasteiger partial charge in [0.15, 0.2) is 12.6 Å². The monoisotopic (exact) mass is 1150 g/mol. The molecule has 0 aromatic carbocycles. The lowest BCUT2D eigenvalue weighted by Crippen LogP contribution is -2.61. The number of hydrogen-bond donors (Lipinski definition) is 7. The summed E-state index contributed by atoms with van der Waals surface area (Å²) >= 11 is 0. The van der Waals surface area contributed by atoms with Gasteiger partial charge in [0.25, 0.3) is 0 Å². The van der Waals surface area contributed by atoms with Gasteiger partial charge in [0.1, 0.15) is 54.9 Å². The Kier molecular flexibility index (Phi) is 48.7. The predicted molar refractivity (Wildman–Crippen MR) is 325 cm³/mol. The zero-order valence-electron chi connectivity index (χ0n) is 50.8. The topological polar surface area (TPSA) is 214 Å². The first kappa shape index (κ1) is 74.5. The standard InChI is InChI=1S/C67H118O14/c1-3-5-7-9-11-13-15-17-19-21-23-25-26-27-28-29-31-33-35-37-39-41-43-45-47-49-51-76-53-56(54-77-66-65(75)63(73)61(71)58(81-66)55-78-67-64(74)62(72)60(70)57(52-68)80-67)79-59(69)50-48-46-44-42-40-38-36-34-32-30-24-22-20-18-16-14-12-10-8-6-4-2/h15-18,21-24,26-27,32,34,56-58,60-68,70-75H,3-14,19-20,25,28-31,33,35-55H2,1-2H3/b17-15-,18-16-,23-21-,24-22-,27-26-,34-32-. The van der Waals surface area contributed by atoms with Crippen molar-refractivity contribution in [2.75, 3.05) is 33.0 Å². The zero-order chi connectivity index (χ0) is 58.6. The van der Waals surface area contributed by atoms with E-state index in [0.29, 0.717) is 13.0 Å². The first-order chi connectivity index (χ1) is 39.6. The number of rotatable bonds is 53. The second kappa shape index (κ2) is 52.9. The summed E-state index contributed by atoms with van der Waals surface area (Å²) in [5.41, 5.74) is 0. The third kappa shape index (κ3) is 38.9. The third-order valence-corrected chi connectivity index (χ3v) is 15.2. The van der Waals surface area contributed by atoms with Crippen LogP contribution in [-0.4, -0.2) is 142 Å². The Bertz CT molecular complexity index is 1610. The molecule has 0 radical (unpaired) electrons. The highest BCUT2D eigenvalue weighted by Gasteiger charge is 2.47. The van der Waals surface area contributed by atoms with Gasteiger partial charge < -0.3 is 64.2 Å². The summed E-state index contributed by atoms with van der Waals surface area (Å²) in [4.78, 5) is 13.1. The normalized spacial score (nSPS) is 24.2. The molecule has 0 bridgehead atoms. The number of hydrogen-bond acceptors (Lipinski definition) is 14. The van der Waals surface area contributed by atoms with Crippen LogP contribution >= 0.6 is 0 Å². The van der Waals surface area contributed by atoms with E-state index >= 15 is 0 Å². The van der Waals surface area contributed by atoms with Gasteiger partial charge in [-0.25, -0.2) is 0 Å². The Labute approximate surface area is 491 Å². The highest BCUT2D eigenvalue weighted by Crippen LogP contribution is 2.27. The second-order valence-corrected chi connectivity index (χ2v) is 22.6. The van der Waals surface area contributed by atoms with Gasteiger partial charge in [0.2, 0.25) is 0 Å². The fourth-order valence-electron chi connectivity index (χ4n) is 9.95. The van der Waals surface area contributed by atoms with E-state index in [4.69, 9.17) is 28.4 Å². The molecule has 0 amide bonds. The molecular formula is C67H118O14. The number of carbonyl (C=O) groups is 1. The Morgan fingerprint density at radius 1 is 0.407 bits per heavy atom. The number of aliphatic hydroxyl groups excluding tert-OH is 7. The van der Waals surface area contributed by atoms with Gasteiger partial charge in [0, 0.05) is 13.0 Å². The molecule has 11 atom stereocenters. The molecule has 0 aliphatic carbocycles. The summed E-state index contributed by atoms with van der Waals surface area (Å²) in [6.45, 7) is 3.66. The van der Waals surface area contributed by atoms with Crippen LogP contribution in [-0.2, 0) is 33.2 Å². The quantitative estimate of drug-likeness (QED) is 0.0172. The number of allylic oxidation sites excluding steroid dienone is 12. The molecule has 7 N–H and O–H groups in total. The molecular weight excluding hydrogens is 1030 g/mol. The average molecular weight is 1150 g/mol. The molecule has 81 heavy (non-hydrogen) atoms. The maximum Gasteiger partial charge on any atom is 0.306 e. The van der Waals surface area contributed by atoms with Crippen LogP contribution in [0.15, 0.2) is 72.9 Å². The molecule has 11 unspecified atom stereocenters. The van der Waals surface area contributed by atoms with E-state index in [1.165, 1.54) is 135 Å². The van der Waals surface area contributed by atoms with Gasteiger partial charge in [-0.1, -0.05) is 222 Å². The maximum absolute atomic E-state index is 13.1. The maximum atomic E-state index is 13.1. The molecule has 2 rings (SSSR count). The van der Waals surface area contributed by atoms with Crippen molar-refractivity contribution in [3.05, 3.63) is 72.9 Å². The van der Waals surface area contributed by atoms with Crippen LogP contribution in [0.25, 0.3) is 0 Å². The van der Waals surface area contributed by atoms with Crippen molar-refractivity contribution >= 4 is 5.97 Å². The second-order valence-electron chi connectivity index (χ2n) is 22.6. The van der Waals surface area contributed by atoms with Crippen molar-refractivity contribution in [1.29, 1.82) is 0 Å². The first-order valence-electron chi connectivity index (χ1n) is 32.5. The molecule has 0 aromatic heterocycles. The molecule has 470 valence electrons. The van der Waals surface area contributed by atoms with E-state index in [0.717, 1.165) is 83.5 Å². The Morgan fingerprint density at radius 3 is 1.20 bits per heavy atom. The van der Waals surface area contributed by atoms with Gasteiger partial charge >= 0.3 is 5.97 Å². The highest BCUT2D eigenvalue weighted by atomic mass is 16.7. The Morgan fingerprint density at radius 2 is 0.765 bits per heavy atom. The molecule has 14 heteroatoms. The van der Waals surface area contributed by atoms with E-state index in [9.17, 15) is 40.5 Å². The molecule has 0 saturated carbocycles. The molecule has 0 aromatic rings. The fraction of sp³-hybridized carbons (Fsp3) is 0.806. The van der Waals surface area contributed by atoms with Crippen molar-refractivity contribution in [2.45, 2.75) is 313 Å². The molecule has 14 nitrogen and oxygen atoms in total. The minimum Gasteiger partial charge on any atom is -0.457 e. The third-order valence-electron chi connectivity index (χ3n) is 15.2. The lowest BCUT2D eigenvalue weighted by atomic mass is 9.98. The molecule has 0 spiro atoms. The van der Waals surface area contributed by atoms with Crippen LogP contribution in [0.4, 0.5) is 0 Å². The minimum absolute atomic E-state index is 0.0514. The summed E-state index contributed by atoms with van der Waals surface area (Å²) in [6, 6.07) is 0. The molecule has 2 fully saturated rings. The van der Waals surface area contributed by atoms with Gasteiger partial charge in [-0.05, 0) is 89.9 Å². The van der Waals surface area contributed by atoms with Crippen LogP contribution < -0.4 is 0 Å². The van der Waals surface area contributed by atoms with Crippen LogP contribution in [0.1, 0.15) is 245 Å². The predicted octanol–water partition coefficient (Wildman–Crippen LogP) is 13.0. The van der Waals surface area contributed by atoms with Crippen molar-refractivity contribution < 1.29 is 69.0 Å². The molecule has 2 aliphatic heterocycles. The Hall–Kier alpha value is -2.57. The first-order valence-corrected chi connectivity index (χ1v) is 32.5. The number of unbranched alkanes of at least 4 members (excludes halogenated alkanes) is 27. The summed E-state index contributed by atoms with van der Waals surface area (Å²) < 4.78 is 34.5. The van der Waals surface area contributed by atoms with Gasteiger partial charge in [-0.3, -0.25) is 4.79 Å². The molecule has 2 aliphatic rings. The van der Waals surface area contributed by atoms with Crippen LogP contribution in [0.3, 0.4) is 0 Å². The average Bonchev–Trinajstić information content (AvgIpc) is 3.60. The summed E-state index contributed by atoms with van der Waals surface area (Å²) in [7, 11) is 0. The molecule has 2 heterocycles. The van der Waals surface area contributed by atoms with Crippen LogP contribution in [0, 0.1) is 0 Å². The number of aliphatic hydroxyl groups is 7. The van der Waals surface area contributed by atoms with E-state index in [2.05, 4.69) is 86.8 Å². The summed E-state index contributed by atoms with van der Waals surface area (Å²) in [6.07, 6.45) is 52.5. The van der Waals surface area contributed by atoms with Crippen LogP contribution in [0.5, 0.6) is 0 Å². The molecule has 2 saturated heterocycles. The summed E-state index contributed by atoms with van der Waals surface area (Å²) in [5.74, 6) is -0.389. The number of ether oxygens (including phenoxy) is 6. The SMILES string of the molecule is CCCCCCC/C=C\C/C=C\C/C=C\CCCCCCCCCCCCCOCC(COC1OC(COC2OC(CO)C(O)C(O)C2O)C(O)C(O)C1O)OC(=O)CCCCCCCC/C=C\C/C=C\C/C=C\CCCCCCC. The Balaban J connectivity index is 1.68. The number of carbonyl (C=O) groups excluding carboxylic acids is 1. The van der Waals surface area contributed by atoms with Crippen molar-refractivity contribution in [3.63, 3.8) is 0 Å². The van der Waals surface area contributed by atoms with E-state index in [-0.39, 0.29) is 25.6 Å². The fourth-order valence-corrected chi connectivity index (χ4v) is 9.95. The smallest absolute Gasteiger partial charge is 0.306 e. The van der Waals surface area contributed by atoms with E-state index in [1.807, 2.05) is 0 Å². The van der Waals surface area contributed by atoms with E-state index in [1.54, 1.807) is 0 Å². The zero-order valence-corrected chi connectivity index (χ0v) is 50.8. The van der Waals surface area contributed by atoms with Gasteiger partial charge in [0.05, 0.1) is 26.4 Å². The summed E-state index contributed by atoms with van der Waals surface area (Å²) in [5, 5.41) is 72.5. The van der Waals surface area contributed by atoms with Crippen molar-refractivity contribution in [2.24, 2.45) is 0 Å². The van der Waals surface area contributed by atoms with Gasteiger partial charge in [-0.2, -0.15) is 0 Å². The van der Waals surface area contributed by atoms with Gasteiger partial charge in [-0.15, -0.1) is 0 Å². The lowest BCUT2D eigenvalue weighted by molar-refractivity contribution is -0.332. The largest absolute Gasteiger partial charge is 0.457 e. The van der Waals surface area contributed by atoms with Crippen molar-refractivity contribution in [1.82, 2.24) is 0 Å². The minimum atomic E-state index is -1.71. The van der Waals surface area contributed by atoms with Crippen LogP contribution in [0.2, 0.25) is 0 Å². The lowest BCUT2D eigenvalue weighted by Gasteiger charge is -2.42. The van der Waals surface area contributed by atoms with Crippen molar-refractivity contribution in [3.8, 4) is 0 Å². The van der Waals surface area contributed by atoms with E-state index < -0.39 is 80.7 Å².